The predicted octanol–water partition coefficient (Wildman–Crippen LogP) is 7.66. The SMILES string of the molecule is c1ccc2c(c1)ccc1c2ccc2c3ccc4c5ccccc5ccc4c3[se]c12. The molecule has 6 aromatic carbocycles. The van der Waals surface area contributed by atoms with Gasteiger partial charge in [0.25, 0.3) is 0 Å². The van der Waals surface area contributed by atoms with Crippen LogP contribution < -0.4 is 0 Å². The summed E-state index contributed by atoms with van der Waals surface area (Å²) in [5.74, 6) is 0. The normalized spacial score (nSPS) is 12.1. The fourth-order valence-corrected chi connectivity index (χ4v) is 7.71. The molecule has 0 atom stereocenters. The maximum atomic E-state index is 2.35. The van der Waals surface area contributed by atoms with Crippen molar-refractivity contribution >= 4 is 76.9 Å². The van der Waals surface area contributed by atoms with E-state index in [-0.39, 0.29) is 0 Å². The molecule has 0 aliphatic rings. The molecule has 1 heteroatoms. The topological polar surface area (TPSA) is 0 Å². The minimum absolute atomic E-state index is 0.314. The van der Waals surface area contributed by atoms with Crippen LogP contribution in [-0.4, -0.2) is 14.5 Å². The van der Waals surface area contributed by atoms with E-state index in [4.69, 9.17) is 0 Å². The summed E-state index contributed by atoms with van der Waals surface area (Å²) in [6.07, 6.45) is 0. The van der Waals surface area contributed by atoms with Gasteiger partial charge in [-0.3, -0.25) is 0 Å². The first-order valence-corrected chi connectivity index (χ1v) is 11.7. The molecule has 0 spiro atoms. The van der Waals surface area contributed by atoms with Gasteiger partial charge in [-0.1, -0.05) is 0 Å². The third kappa shape index (κ3) is 2.09. The molecule has 1 aromatic heterocycles. The first-order chi connectivity index (χ1) is 14.4. The monoisotopic (exact) mass is 432 g/mol. The van der Waals surface area contributed by atoms with E-state index >= 15 is 0 Å². The molecule has 29 heavy (non-hydrogen) atoms. The Kier molecular flexibility index (Phi) is 3.10. The quantitative estimate of drug-likeness (QED) is 0.171. The molecule has 0 radical (unpaired) electrons. The molecule has 1 heterocycles. The summed E-state index contributed by atoms with van der Waals surface area (Å²) in [7, 11) is 0. The Morgan fingerprint density at radius 2 is 0.690 bits per heavy atom. The Morgan fingerprint density at radius 3 is 1.21 bits per heavy atom. The van der Waals surface area contributed by atoms with Crippen molar-refractivity contribution in [2.45, 2.75) is 0 Å². The minimum atomic E-state index is 0.314. The number of hydrogen-bond donors (Lipinski definition) is 0. The van der Waals surface area contributed by atoms with Crippen LogP contribution in [0.25, 0.3) is 62.4 Å². The summed E-state index contributed by atoms with van der Waals surface area (Å²) in [5.41, 5.74) is 0. The van der Waals surface area contributed by atoms with Gasteiger partial charge < -0.3 is 0 Å². The zero-order valence-corrected chi connectivity index (χ0v) is 17.4. The zero-order chi connectivity index (χ0) is 18.9. The maximum absolute atomic E-state index is 2.35. The number of hydrogen-bond acceptors (Lipinski definition) is 0. The number of fused-ring (bicyclic) bond motifs is 11. The standard InChI is InChI=1S/C28H16Se/c1-3-7-19-17(5-1)9-11-23-21(19)13-15-25-26-16-14-22-20-8-4-2-6-18(20)10-12-24(22)28(26)29-27(23)25/h1-16H. The van der Waals surface area contributed by atoms with Gasteiger partial charge in [0.15, 0.2) is 0 Å². The second kappa shape index (κ2) is 5.70. The van der Waals surface area contributed by atoms with Gasteiger partial charge in [-0.2, -0.15) is 0 Å². The molecule has 0 aliphatic carbocycles. The van der Waals surface area contributed by atoms with Crippen molar-refractivity contribution in [1.82, 2.24) is 0 Å². The molecule has 0 amide bonds. The zero-order valence-electron chi connectivity index (χ0n) is 15.6. The van der Waals surface area contributed by atoms with Gasteiger partial charge in [0.2, 0.25) is 0 Å². The number of benzene rings is 6. The third-order valence-electron chi connectivity index (χ3n) is 6.25. The summed E-state index contributed by atoms with van der Waals surface area (Å²) in [6, 6.07) is 36.0. The van der Waals surface area contributed by atoms with E-state index in [1.165, 1.54) is 62.4 Å². The Labute approximate surface area is 173 Å². The van der Waals surface area contributed by atoms with Crippen LogP contribution in [0.15, 0.2) is 97.1 Å². The van der Waals surface area contributed by atoms with E-state index in [1.54, 1.807) is 0 Å². The van der Waals surface area contributed by atoms with Gasteiger partial charge >= 0.3 is 174 Å². The second-order valence-electron chi connectivity index (χ2n) is 7.75. The second-order valence-corrected chi connectivity index (χ2v) is 9.89. The molecule has 0 fully saturated rings. The van der Waals surface area contributed by atoms with Gasteiger partial charge in [-0.05, 0) is 0 Å². The van der Waals surface area contributed by atoms with E-state index < -0.39 is 0 Å². The van der Waals surface area contributed by atoms with Crippen molar-refractivity contribution in [3.05, 3.63) is 97.1 Å². The molecule has 134 valence electrons. The Morgan fingerprint density at radius 1 is 0.310 bits per heavy atom. The van der Waals surface area contributed by atoms with Crippen molar-refractivity contribution in [2.75, 3.05) is 0 Å². The summed E-state index contributed by atoms with van der Waals surface area (Å²) < 4.78 is 3.08. The van der Waals surface area contributed by atoms with E-state index in [1.807, 2.05) is 0 Å². The van der Waals surface area contributed by atoms with E-state index in [0.717, 1.165) is 0 Å². The van der Waals surface area contributed by atoms with E-state index in [0.29, 0.717) is 14.5 Å². The molecule has 7 aromatic rings. The van der Waals surface area contributed by atoms with Crippen molar-refractivity contribution in [3.63, 3.8) is 0 Å². The Balaban J connectivity index is 1.68. The molecular formula is C28H16Se. The fraction of sp³-hybridized carbons (Fsp3) is 0. The van der Waals surface area contributed by atoms with Crippen LogP contribution in [0, 0.1) is 0 Å². The summed E-state index contributed by atoms with van der Waals surface area (Å²) in [6.45, 7) is 0. The van der Waals surface area contributed by atoms with Crippen molar-refractivity contribution in [2.24, 2.45) is 0 Å². The third-order valence-corrected chi connectivity index (χ3v) is 8.95. The van der Waals surface area contributed by atoms with Crippen LogP contribution in [0.5, 0.6) is 0 Å². The average molecular weight is 431 g/mol. The van der Waals surface area contributed by atoms with E-state index in [9.17, 15) is 0 Å². The summed E-state index contributed by atoms with van der Waals surface area (Å²) in [5, 5.41) is 13.8. The van der Waals surface area contributed by atoms with Crippen LogP contribution in [-0.2, 0) is 0 Å². The van der Waals surface area contributed by atoms with Crippen molar-refractivity contribution < 1.29 is 0 Å². The molecule has 0 N–H and O–H groups in total. The summed E-state index contributed by atoms with van der Waals surface area (Å²) in [4.78, 5) is 0. The van der Waals surface area contributed by atoms with Gasteiger partial charge in [0.1, 0.15) is 0 Å². The first kappa shape index (κ1) is 15.8. The molecule has 0 saturated carbocycles. The van der Waals surface area contributed by atoms with E-state index in [2.05, 4.69) is 97.1 Å². The summed E-state index contributed by atoms with van der Waals surface area (Å²) >= 11 is 0.314. The molecule has 0 bridgehead atoms. The Hall–Kier alpha value is -3.12. The molecule has 0 aliphatic heterocycles. The van der Waals surface area contributed by atoms with Crippen molar-refractivity contribution in [3.8, 4) is 0 Å². The molecule has 7 rings (SSSR count). The first-order valence-electron chi connectivity index (χ1n) is 9.96. The fourth-order valence-electron chi connectivity index (χ4n) is 4.87. The van der Waals surface area contributed by atoms with Crippen LogP contribution in [0.2, 0.25) is 0 Å². The molecule has 0 saturated heterocycles. The Bertz CT molecular complexity index is 1620. The molecule has 0 unspecified atom stereocenters. The number of rotatable bonds is 0. The van der Waals surface area contributed by atoms with Gasteiger partial charge in [-0.25, -0.2) is 0 Å². The predicted molar refractivity (Wildman–Crippen MR) is 128 cm³/mol. The van der Waals surface area contributed by atoms with Crippen LogP contribution in [0.3, 0.4) is 0 Å². The van der Waals surface area contributed by atoms with Crippen LogP contribution in [0.1, 0.15) is 0 Å². The van der Waals surface area contributed by atoms with Crippen molar-refractivity contribution in [1.29, 1.82) is 0 Å². The van der Waals surface area contributed by atoms with Gasteiger partial charge in [0.05, 0.1) is 0 Å². The van der Waals surface area contributed by atoms with Crippen LogP contribution in [0.4, 0.5) is 0 Å². The average Bonchev–Trinajstić information content (AvgIpc) is 3.18. The molecular weight excluding hydrogens is 415 g/mol. The van der Waals surface area contributed by atoms with Crippen LogP contribution >= 0.6 is 0 Å². The van der Waals surface area contributed by atoms with Gasteiger partial charge in [-0.15, -0.1) is 0 Å². The van der Waals surface area contributed by atoms with Gasteiger partial charge in [0, 0.05) is 0 Å². The molecule has 0 nitrogen and oxygen atoms in total.